The van der Waals surface area contributed by atoms with E-state index in [0.29, 0.717) is 6.54 Å². The molecular formula is C13H16N6. The Balaban J connectivity index is 1.87. The second-order valence-electron chi connectivity index (χ2n) is 4.62. The fourth-order valence-corrected chi connectivity index (χ4v) is 2.08. The predicted molar refractivity (Wildman–Crippen MR) is 73.0 cm³/mol. The molecule has 6 nitrogen and oxygen atoms in total. The van der Waals surface area contributed by atoms with Gasteiger partial charge >= 0.3 is 0 Å². The molecule has 0 unspecified atom stereocenters. The number of aromatic nitrogens is 5. The van der Waals surface area contributed by atoms with Crippen molar-refractivity contribution in [3.63, 3.8) is 0 Å². The molecule has 6 heteroatoms. The molecule has 0 bridgehead atoms. The number of hydrogen-bond acceptors (Lipinski definition) is 4. The largest absolute Gasteiger partial charge is 0.364 e. The van der Waals surface area contributed by atoms with Crippen LogP contribution in [0.3, 0.4) is 0 Å². The molecule has 3 aromatic heterocycles. The van der Waals surface area contributed by atoms with Gasteiger partial charge in [0.25, 0.3) is 0 Å². The molecule has 0 saturated carbocycles. The molecule has 0 aliphatic heterocycles. The van der Waals surface area contributed by atoms with Gasteiger partial charge in [-0.15, -0.1) is 0 Å². The molecule has 0 saturated heterocycles. The zero-order chi connectivity index (χ0) is 13.4. The Morgan fingerprint density at radius 3 is 2.89 bits per heavy atom. The number of anilines is 1. The van der Waals surface area contributed by atoms with Gasteiger partial charge in [-0.3, -0.25) is 4.68 Å². The molecule has 0 spiro atoms. The zero-order valence-electron chi connectivity index (χ0n) is 11.3. The number of hydrogen-bond donors (Lipinski definition) is 1. The zero-order valence-corrected chi connectivity index (χ0v) is 11.3. The minimum absolute atomic E-state index is 0.705. The molecule has 0 amide bonds. The lowest BCUT2D eigenvalue weighted by Gasteiger charge is -2.06. The molecule has 3 heterocycles. The summed E-state index contributed by atoms with van der Waals surface area (Å²) in [5.74, 6) is 0.839. The van der Waals surface area contributed by atoms with E-state index in [9.17, 15) is 0 Å². The van der Waals surface area contributed by atoms with Crippen molar-refractivity contribution in [2.45, 2.75) is 20.4 Å². The van der Waals surface area contributed by atoms with Crippen LogP contribution in [0.15, 0.2) is 24.7 Å². The summed E-state index contributed by atoms with van der Waals surface area (Å²) in [5.41, 5.74) is 4.29. The second-order valence-corrected chi connectivity index (χ2v) is 4.62. The molecule has 3 aromatic rings. The fraction of sp³-hybridized carbons (Fsp3) is 0.308. The minimum Gasteiger partial charge on any atom is -0.364 e. The lowest BCUT2D eigenvalue weighted by atomic mass is 10.2. The van der Waals surface area contributed by atoms with Crippen LogP contribution < -0.4 is 5.32 Å². The topological polar surface area (TPSA) is 60.0 Å². The van der Waals surface area contributed by atoms with E-state index in [1.807, 2.05) is 41.6 Å². The molecule has 0 aliphatic carbocycles. The molecule has 0 fully saturated rings. The van der Waals surface area contributed by atoms with Crippen molar-refractivity contribution in [2.75, 3.05) is 5.32 Å². The van der Waals surface area contributed by atoms with Crippen LogP contribution in [0.4, 0.5) is 5.82 Å². The van der Waals surface area contributed by atoms with Gasteiger partial charge in [0.05, 0.1) is 11.9 Å². The van der Waals surface area contributed by atoms with E-state index in [0.717, 1.165) is 22.7 Å². The summed E-state index contributed by atoms with van der Waals surface area (Å²) < 4.78 is 3.70. The molecule has 0 aliphatic rings. The van der Waals surface area contributed by atoms with Crippen LogP contribution in [-0.2, 0) is 13.6 Å². The first kappa shape index (κ1) is 11.7. The van der Waals surface area contributed by atoms with Gasteiger partial charge in [-0.25, -0.2) is 9.50 Å². The second kappa shape index (κ2) is 4.38. The van der Waals surface area contributed by atoms with Crippen LogP contribution in [0.5, 0.6) is 0 Å². The van der Waals surface area contributed by atoms with Gasteiger partial charge in [0.2, 0.25) is 0 Å². The Morgan fingerprint density at radius 1 is 1.32 bits per heavy atom. The highest BCUT2D eigenvalue weighted by molar-refractivity contribution is 5.67. The van der Waals surface area contributed by atoms with Crippen molar-refractivity contribution >= 4 is 11.3 Å². The van der Waals surface area contributed by atoms with Gasteiger partial charge in [-0.05, 0) is 19.9 Å². The van der Waals surface area contributed by atoms with E-state index in [1.54, 1.807) is 6.20 Å². The number of fused-ring (bicyclic) bond motifs is 1. The van der Waals surface area contributed by atoms with Gasteiger partial charge in [0, 0.05) is 37.2 Å². The highest BCUT2D eigenvalue weighted by Crippen LogP contribution is 2.16. The Labute approximate surface area is 111 Å². The van der Waals surface area contributed by atoms with Crippen molar-refractivity contribution < 1.29 is 0 Å². The summed E-state index contributed by atoms with van der Waals surface area (Å²) in [6.07, 6.45) is 5.48. The number of nitrogens with one attached hydrogen (secondary N) is 1. The van der Waals surface area contributed by atoms with Crippen molar-refractivity contribution in [2.24, 2.45) is 7.05 Å². The van der Waals surface area contributed by atoms with E-state index in [1.165, 1.54) is 5.56 Å². The van der Waals surface area contributed by atoms with Crippen molar-refractivity contribution in [3.8, 4) is 0 Å². The van der Waals surface area contributed by atoms with Crippen LogP contribution >= 0.6 is 0 Å². The molecule has 1 N–H and O–H groups in total. The van der Waals surface area contributed by atoms with Gasteiger partial charge in [0.1, 0.15) is 5.52 Å². The van der Waals surface area contributed by atoms with E-state index in [2.05, 4.69) is 27.4 Å². The summed E-state index contributed by atoms with van der Waals surface area (Å²) in [4.78, 5) is 4.37. The van der Waals surface area contributed by atoms with Gasteiger partial charge in [0.15, 0.2) is 5.82 Å². The third kappa shape index (κ3) is 2.05. The lowest BCUT2D eigenvalue weighted by molar-refractivity contribution is 0.738. The summed E-state index contributed by atoms with van der Waals surface area (Å²) in [6.45, 7) is 4.74. The third-order valence-corrected chi connectivity index (χ3v) is 3.30. The van der Waals surface area contributed by atoms with Gasteiger partial charge in [-0.1, -0.05) is 0 Å². The Hall–Kier alpha value is -2.37. The van der Waals surface area contributed by atoms with Crippen LogP contribution in [0.1, 0.15) is 17.0 Å². The SMILES string of the molecule is Cc1cc2c(NCc3cnn(C)c3C)nccn2n1. The molecule has 0 atom stereocenters. The molecular weight excluding hydrogens is 240 g/mol. The lowest BCUT2D eigenvalue weighted by Crippen LogP contribution is -2.04. The molecule has 3 rings (SSSR count). The Kier molecular flexibility index (Phi) is 2.70. The third-order valence-electron chi connectivity index (χ3n) is 3.30. The average Bonchev–Trinajstić information content (AvgIpc) is 2.91. The highest BCUT2D eigenvalue weighted by Gasteiger charge is 2.07. The molecule has 0 aromatic carbocycles. The standard InChI is InChI=1S/C13H16N6/c1-9-6-12-13(14-4-5-19(12)17-9)15-7-11-8-16-18(3)10(11)2/h4-6,8H,7H2,1-3H3,(H,14,15). The summed E-state index contributed by atoms with van der Waals surface area (Å²) in [6, 6.07) is 2.02. The molecule has 0 radical (unpaired) electrons. The maximum atomic E-state index is 4.37. The highest BCUT2D eigenvalue weighted by atomic mass is 15.3. The van der Waals surface area contributed by atoms with Gasteiger partial charge < -0.3 is 5.32 Å². The van der Waals surface area contributed by atoms with Crippen LogP contribution in [0.2, 0.25) is 0 Å². The number of nitrogens with zero attached hydrogens (tertiary/aromatic N) is 5. The summed E-state index contributed by atoms with van der Waals surface area (Å²) >= 11 is 0. The van der Waals surface area contributed by atoms with Gasteiger partial charge in [-0.2, -0.15) is 10.2 Å². The van der Waals surface area contributed by atoms with Crippen molar-refractivity contribution in [1.29, 1.82) is 0 Å². The molecule has 98 valence electrons. The van der Waals surface area contributed by atoms with E-state index in [-0.39, 0.29) is 0 Å². The smallest absolute Gasteiger partial charge is 0.152 e. The quantitative estimate of drug-likeness (QED) is 0.774. The first-order chi connectivity index (χ1) is 9.15. The maximum Gasteiger partial charge on any atom is 0.152 e. The monoisotopic (exact) mass is 256 g/mol. The van der Waals surface area contributed by atoms with Crippen molar-refractivity contribution in [3.05, 3.63) is 41.6 Å². The fourth-order valence-electron chi connectivity index (χ4n) is 2.08. The minimum atomic E-state index is 0.705. The Morgan fingerprint density at radius 2 is 2.16 bits per heavy atom. The summed E-state index contributed by atoms with van der Waals surface area (Å²) in [5, 5.41) is 12.0. The van der Waals surface area contributed by atoms with E-state index >= 15 is 0 Å². The van der Waals surface area contributed by atoms with E-state index in [4.69, 9.17) is 0 Å². The maximum absolute atomic E-state index is 4.37. The summed E-state index contributed by atoms with van der Waals surface area (Å²) in [7, 11) is 1.94. The van der Waals surface area contributed by atoms with Crippen LogP contribution in [-0.4, -0.2) is 24.4 Å². The first-order valence-electron chi connectivity index (χ1n) is 6.17. The normalized spacial score (nSPS) is 11.1. The van der Waals surface area contributed by atoms with Crippen molar-refractivity contribution in [1.82, 2.24) is 24.4 Å². The number of rotatable bonds is 3. The molecule has 19 heavy (non-hydrogen) atoms. The predicted octanol–water partition coefficient (Wildman–Crippen LogP) is 1.69. The van der Waals surface area contributed by atoms with Crippen LogP contribution in [0.25, 0.3) is 5.52 Å². The Bertz CT molecular complexity index is 724. The van der Waals surface area contributed by atoms with E-state index < -0.39 is 0 Å². The average molecular weight is 256 g/mol. The van der Waals surface area contributed by atoms with Crippen LogP contribution in [0, 0.1) is 13.8 Å². The first-order valence-corrected chi connectivity index (χ1v) is 6.17. The number of aryl methyl sites for hydroxylation is 2.